The Balaban J connectivity index is 1.85. The smallest absolute Gasteiger partial charge is 0.261 e. The molecular formula is C13H13NO3S. The van der Waals surface area contributed by atoms with Gasteiger partial charge in [0.2, 0.25) is 0 Å². The summed E-state index contributed by atoms with van der Waals surface area (Å²) in [5.74, 6) is -0.369. The highest BCUT2D eigenvalue weighted by Gasteiger charge is 2.05. The highest BCUT2D eigenvalue weighted by Crippen LogP contribution is 2.24. The molecule has 0 saturated heterocycles. The van der Waals surface area contributed by atoms with Crippen LogP contribution in [-0.2, 0) is 6.42 Å². The highest BCUT2D eigenvalue weighted by atomic mass is 32.1. The Hall–Kier alpha value is -2.01. The summed E-state index contributed by atoms with van der Waals surface area (Å²) in [6, 6.07) is 8.24. The second-order valence-corrected chi connectivity index (χ2v) is 4.75. The Morgan fingerprint density at radius 1 is 1.22 bits per heavy atom. The Kier molecular flexibility index (Phi) is 3.84. The second-order valence-electron chi connectivity index (χ2n) is 3.81. The lowest BCUT2D eigenvalue weighted by atomic mass is 10.1. The summed E-state index contributed by atoms with van der Waals surface area (Å²) >= 11 is 1.40. The summed E-state index contributed by atoms with van der Waals surface area (Å²) in [5.41, 5.74) is 0.858. The van der Waals surface area contributed by atoms with Gasteiger partial charge in [0.05, 0.1) is 4.88 Å². The van der Waals surface area contributed by atoms with Gasteiger partial charge in [0.15, 0.2) is 11.5 Å². The molecule has 18 heavy (non-hydrogen) atoms. The van der Waals surface area contributed by atoms with Crippen LogP contribution < -0.4 is 5.32 Å². The van der Waals surface area contributed by atoms with Crippen molar-refractivity contribution in [2.45, 2.75) is 6.42 Å². The number of rotatable bonds is 4. The summed E-state index contributed by atoms with van der Waals surface area (Å²) in [7, 11) is 0. The molecule has 0 fully saturated rings. The maximum Gasteiger partial charge on any atom is 0.261 e. The van der Waals surface area contributed by atoms with E-state index in [2.05, 4.69) is 5.32 Å². The quantitative estimate of drug-likeness (QED) is 0.740. The summed E-state index contributed by atoms with van der Waals surface area (Å²) in [4.78, 5) is 12.3. The van der Waals surface area contributed by atoms with Crippen LogP contribution in [0.15, 0.2) is 35.7 Å². The number of phenols is 2. The zero-order chi connectivity index (χ0) is 13.0. The van der Waals surface area contributed by atoms with Crippen molar-refractivity contribution in [1.82, 2.24) is 5.32 Å². The molecule has 1 heterocycles. The Bertz CT molecular complexity index is 537. The van der Waals surface area contributed by atoms with Crippen molar-refractivity contribution in [3.8, 4) is 11.5 Å². The number of carbonyl (C=O) groups excluding carboxylic acids is 1. The predicted octanol–water partition coefficient (Wildman–Crippen LogP) is 2.13. The number of phenolic OH excluding ortho intramolecular Hbond substituents is 2. The number of aromatic hydroxyl groups is 2. The van der Waals surface area contributed by atoms with Gasteiger partial charge in [-0.05, 0) is 35.6 Å². The number of nitrogens with one attached hydrogen (secondary N) is 1. The Labute approximate surface area is 109 Å². The van der Waals surface area contributed by atoms with Gasteiger partial charge in [-0.15, -0.1) is 11.3 Å². The lowest BCUT2D eigenvalue weighted by Crippen LogP contribution is -2.24. The molecule has 2 aromatic rings. The van der Waals surface area contributed by atoms with Gasteiger partial charge in [0.1, 0.15) is 0 Å². The van der Waals surface area contributed by atoms with Gasteiger partial charge < -0.3 is 15.5 Å². The van der Waals surface area contributed by atoms with Gasteiger partial charge in [-0.3, -0.25) is 4.79 Å². The first-order chi connectivity index (χ1) is 8.66. The molecule has 0 unspecified atom stereocenters. The van der Waals surface area contributed by atoms with Crippen molar-refractivity contribution < 1.29 is 15.0 Å². The van der Waals surface area contributed by atoms with Crippen molar-refractivity contribution in [3.63, 3.8) is 0 Å². The van der Waals surface area contributed by atoms with Gasteiger partial charge in [-0.25, -0.2) is 0 Å². The lowest BCUT2D eigenvalue weighted by molar-refractivity contribution is 0.0958. The molecule has 0 bridgehead atoms. The van der Waals surface area contributed by atoms with E-state index in [0.717, 1.165) is 5.56 Å². The van der Waals surface area contributed by atoms with Gasteiger partial charge in [0, 0.05) is 6.54 Å². The van der Waals surface area contributed by atoms with Crippen LogP contribution in [0.5, 0.6) is 11.5 Å². The van der Waals surface area contributed by atoms with E-state index in [1.807, 2.05) is 11.4 Å². The predicted molar refractivity (Wildman–Crippen MR) is 70.1 cm³/mol. The zero-order valence-corrected chi connectivity index (χ0v) is 10.4. The third kappa shape index (κ3) is 3.01. The molecule has 94 valence electrons. The topological polar surface area (TPSA) is 69.6 Å². The molecule has 1 aromatic carbocycles. The van der Waals surface area contributed by atoms with Gasteiger partial charge in [0.25, 0.3) is 5.91 Å². The van der Waals surface area contributed by atoms with Crippen LogP contribution >= 0.6 is 11.3 Å². The van der Waals surface area contributed by atoms with Crippen LogP contribution in [0, 0.1) is 0 Å². The van der Waals surface area contributed by atoms with Crippen molar-refractivity contribution in [1.29, 1.82) is 0 Å². The van der Waals surface area contributed by atoms with E-state index < -0.39 is 0 Å². The standard InChI is InChI=1S/C13H13NO3S/c15-10-4-3-9(8-11(10)16)5-6-14-13(17)12-2-1-7-18-12/h1-4,7-8,15-16H,5-6H2,(H,14,17). The fraction of sp³-hybridized carbons (Fsp3) is 0.154. The average Bonchev–Trinajstić information content (AvgIpc) is 2.87. The van der Waals surface area contributed by atoms with Gasteiger partial charge in [-0.1, -0.05) is 12.1 Å². The normalized spacial score (nSPS) is 10.2. The number of carbonyl (C=O) groups is 1. The first-order valence-electron chi connectivity index (χ1n) is 5.49. The van der Waals surface area contributed by atoms with Gasteiger partial charge in [-0.2, -0.15) is 0 Å². The van der Waals surface area contributed by atoms with Crippen LogP contribution in [0.1, 0.15) is 15.2 Å². The zero-order valence-electron chi connectivity index (χ0n) is 9.59. The van der Waals surface area contributed by atoms with Crippen molar-refractivity contribution in [2.75, 3.05) is 6.54 Å². The fourth-order valence-corrected chi connectivity index (χ4v) is 2.18. The molecule has 0 aliphatic carbocycles. The molecule has 0 atom stereocenters. The molecule has 1 aromatic heterocycles. The van der Waals surface area contributed by atoms with E-state index in [1.54, 1.807) is 12.1 Å². The van der Waals surface area contributed by atoms with E-state index in [9.17, 15) is 9.90 Å². The molecule has 0 saturated carbocycles. The van der Waals surface area contributed by atoms with E-state index in [0.29, 0.717) is 17.8 Å². The highest BCUT2D eigenvalue weighted by molar-refractivity contribution is 7.12. The molecule has 3 N–H and O–H groups in total. The second kappa shape index (κ2) is 5.55. The van der Waals surface area contributed by atoms with E-state index >= 15 is 0 Å². The monoisotopic (exact) mass is 263 g/mol. The van der Waals surface area contributed by atoms with Crippen LogP contribution in [0.4, 0.5) is 0 Å². The molecule has 0 aliphatic heterocycles. The van der Waals surface area contributed by atoms with Crippen molar-refractivity contribution >= 4 is 17.2 Å². The number of hydrogen-bond donors (Lipinski definition) is 3. The van der Waals surface area contributed by atoms with Gasteiger partial charge >= 0.3 is 0 Å². The summed E-state index contributed by atoms with van der Waals surface area (Å²) in [6.07, 6.45) is 0.602. The third-order valence-electron chi connectivity index (χ3n) is 2.48. The van der Waals surface area contributed by atoms with Crippen LogP contribution in [0.25, 0.3) is 0 Å². The molecular weight excluding hydrogens is 250 g/mol. The minimum Gasteiger partial charge on any atom is -0.504 e. The lowest BCUT2D eigenvalue weighted by Gasteiger charge is -2.05. The summed E-state index contributed by atoms with van der Waals surface area (Å²) in [6.45, 7) is 0.487. The number of benzene rings is 1. The van der Waals surface area contributed by atoms with E-state index in [1.165, 1.54) is 23.5 Å². The maximum absolute atomic E-state index is 11.6. The molecule has 0 spiro atoms. The third-order valence-corrected chi connectivity index (χ3v) is 3.35. The fourth-order valence-electron chi connectivity index (χ4n) is 1.54. The average molecular weight is 263 g/mol. The van der Waals surface area contributed by atoms with Crippen molar-refractivity contribution in [3.05, 3.63) is 46.2 Å². The maximum atomic E-state index is 11.6. The van der Waals surface area contributed by atoms with E-state index in [-0.39, 0.29) is 17.4 Å². The van der Waals surface area contributed by atoms with Crippen LogP contribution in [0.2, 0.25) is 0 Å². The first kappa shape index (κ1) is 12.4. The van der Waals surface area contributed by atoms with Crippen LogP contribution in [0.3, 0.4) is 0 Å². The van der Waals surface area contributed by atoms with Crippen molar-refractivity contribution in [2.24, 2.45) is 0 Å². The Morgan fingerprint density at radius 2 is 2.06 bits per heavy atom. The van der Waals surface area contributed by atoms with Crippen LogP contribution in [-0.4, -0.2) is 22.7 Å². The molecule has 0 radical (unpaired) electrons. The molecule has 2 rings (SSSR count). The molecule has 4 nitrogen and oxygen atoms in total. The molecule has 1 amide bonds. The minimum absolute atomic E-state index is 0.0898. The largest absolute Gasteiger partial charge is 0.504 e. The minimum atomic E-state index is -0.142. The number of hydrogen-bond acceptors (Lipinski definition) is 4. The first-order valence-corrected chi connectivity index (χ1v) is 6.37. The Morgan fingerprint density at radius 3 is 2.72 bits per heavy atom. The molecule has 0 aliphatic rings. The summed E-state index contributed by atoms with van der Waals surface area (Å²) in [5, 5.41) is 23.1. The van der Waals surface area contributed by atoms with E-state index in [4.69, 9.17) is 5.11 Å². The number of amides is 1. The SMILES string of the molecule is O=C(NCCc1ccc(O)c(O)c1)c1cccs1. The summed E-state index contributed by atoms with van der Waals surface area (Å²) < 4.78 is 0. The molecule has 5 heteroatoms. The number of thiophene rings is 1.